The number of nitrogens with zero attached hydrogens (tertiary/aromatic N) is 2. The lowest BCUT2D eigenvalue weighted by atomic mass is 9.74. The number of hydrogen-bond donors (Lipinski definition) is 3. The molecule has 0 saturated carbocycles. The van der Waals surface area contributed by atoms with Crippen molar-refractivity contribution in [3.63, 3.8) is 0 Å². The number of aromatic nitrogens is 2. The van der Waals surface area contributed by atoms with Gasteiger partial charge in [0, 0.05) is 50.2 Å². The number of carbonyl (C=O) groups is 3. The van der Waals surface area contributed by atoms with E-state index in [0.29, 0.717) is 25.2 Å². The van der Waals surface area contributed by atoms with Gasteiger partial charge in [-0.05, 0) is 30.0 Å². The van der Waals surface area contributed by atoms with Crippen molar-refractivity contribution in [1.29, 1.82) is 0 Å². The van der Waals surface area contributed by atoms with Crippen LogP contribution in [0.1, 0.15) is 41.3 Å². The molecular formula is C34H37N5O3. The highest BCUT2D eigenvalue weighted by atomic mass is 16.2. The second-order valence-electron chi connectivity index (χ2n) is 11.1. The lowest BCUT2D eigenvalue weighted by Gasteiger charge is -2.32. The number of aromatic amines is 1. The van der Waals surface area contributed by atoms with Gasteiger partial charge in [-0.1, -0.05) is 90.5 Å². The second-order valence-corrected chi connectivity index (χ2v) is 11.1. The first-order valence-corrected chi connectivity index (χ1v) is 14.3. The number of amides is 3. The maximum absolute atomic E-state index is 14.3. The number of likely N-dealkylation sites (tertiary alicyclic amines) is 1. The number of H-pyrrole nitrogens is 1. The smallest absolute Gasteiger partial charge is 0.245 e. The molecule has 216 valence electrons. The third kappa shape index (κ3) is 6.60. The monoisotopic (exact) mass is 563 g/mol. The lowest BCUT2D eigenvalue weighted by molar-refractivity contribution is -0.136. The fourth-order valence-electron chi connectivity index (χ4n) is 5.87. The Hall–Kier alpha value is -4.72. The first-order chi connectivity index (χ1) is 20.3. The van der Waals surface area contributed by atoms with E-state index in [-0.39, 0.29) is 23.7 Å². The van der Waals surface area contributed by atoms with Crippen molar-refractivity contribution in [3.8, 4) is 0 Å². The largest absolute Gasteiger partial charge is 0.348 e. The van der Waals surface area contributed by atoms with Gasteiger partial charge in [0.25, 0.3) is 0 Å². The van der Waals surface area contributed by atoms with E-state index in [1.165, 1.54) is 13.3 Å². The topological polar surface area (TPSA) is 107 Å². The van der Waals surface area contributed by atoms with Crippen LogP contribution in [-0.2, 0) is 32.6 Å². The molecule has 1 saturated heterocycles. The Morgan fingerprint density at radius 1 is 0.881 bits per heavy atom. The summed E-state index contributed by atoms with van der Waals surface area (Å²) in [7, 11) is 0. The van der Waals surface area contributed by atoms with Crippen molar-refractivity contribution in [2.75, 3.05) is 13.1 Å². The Morgan fingerprint density at radius 2 is 1.52 bits per heavy atom. The summed E-state index contributed by atoms with van der Waals surface area (Å²) in [5, 5.41) is 5.74. The molecule has 0 unspecified atom stereocenters. The molecule has 1 aliphatic heterocycles. The fourth-order valence-corrected chi connectivity index (χ4v) is 5.87. The van der Waals surface area contributed by atoms with Crippen LogP contribution in [0.4, 0.5) is 0 Å². The Morgan fingerprint density at radius 3 is 2.10 bits per heavy atom. The zero-order valence-electron chi connectivity index (χ0n) is 24.0. The molecule has 8 heteroatoms. The van der Waals surface area contributed by atoms with Gasteiger partial charge in [-0.2, -0.15) is 0 Å². The molecule has 0 spiro atoms. The number of benzene rings is 3. The molecule has 3 amide bonds. The van der Waals surface area contributed by atoms with Gasteiger partial charge in [-0.3, -0.25) is 14.4 Å². The van der Waals surface area contributed by atoms with Crippen LogP contribution in [0.15, 0.2) is 97.5 Å². The molecule has 2 heterocycles. The Balaban J connectivity index is 1.42. The summed E-state index contributed by atoms with van der Waals surface area (Å²) in [6.45, 7) is 4.45. The van der Waals surface area contributed by atoms with Gasteiger partial charge in [0.05, 0.1) is 6.33 Å². The molecule has 4 aromatic rings. The molecule has 42 heavy (non-hydrogen) atoms. The number of hydrogen-bond acceptors (Lipinski definition) is 4. The van der Waals surface area contributed by atoms with Crippen LogP contribution in [0, 0.1) is 6.92 Å². The number of carbonyl (C=O) groups excluding carboxylic acids is 3. The summed E-state index contributed by atoms with van der Waals surface area (Å²) in [6, 6.07) is 27.0. The molecule has 1 fully saturated rings. The van der Waals surface area contributed by atoms with E-state index in [1.807, 2.05) is 72.5 Å². The molecule has 3 aromatic carbocycles. The molecule has 0 bridgehead atoms. The van der Waals surface area contributed by atoms with Gasteiger partial charge in [0.15, 0.2) is 0 Å². The third-order valence-electron chi connectivity index (χ3n) is 8.08. The number of rotatable bonds is 10. The van der Waals surface area contributed by atoms with E-state index < -0.39 is 18.0 Å². The minimum atomic E-state index is -0.859. The molecule has 2 atom stereocenters. The predicted molar refractivity (Wildman–Crippen MR) is 162 cm³/mol. The van der Waals surface area contributed by atoms with Gasteiger partial charge in [0.1, 0.15) is 12.1 Å². The predicted octanol–water partition coefficient (Wildman–Crippen LogP) is 3.71. The molecule has 8 nitrogen and oxygen atoms in total. The van der Waals surface area contributed by atoms with Crippen LogP contribution in [0.25, 0.3) is 0 Å². The van der Waals surface area contributed by atoms with Crippen LogP contribution in [0.3, 0.4) is 0 Å². The molecule has 0 radical (unpaired) electrons. The highest BCUT2D eigenvalue weighted by molar-refractivity contribution is 5.92. The molecule has 5 rings (SSSR count). The standard InChI is InChI=1S/C34H37N5O3/c1-24-13-15-26(16-14-24)19-31(38-32(41)30(37-25(2)40)20-29-21-35-23-36-29)33(42)39-18-17-34(22-39,27-9-5-3-6-10-27)28-11-7-4-8-12-28/h3-16,21,23,30-31H,17-20,22H2,1-2H3,(H,35,36)(H,37,40)(H,38,41)/t30-,31-/m0/s1. The van der Waals surface area contributed by atoms with Gasteiger partial charge in [0.2, 0.25) is 17.7 Å². The van der Waals surface area contributed by atoms with E-state index >= 15 is 0 Å². The van der Waals surface area contributed by atoms with Gasteiger partial charge in [-0.15, -0.1) is 0 Å². The van der Waals surface area contributed by atoms with Crippen molar-refractivity contribution in [3.05, 3.63) is 125 Å². The van der Waals surface area contributed by atoms with Crippen molar-refractivity contribution in [1.82, 2.24) is 25.5 Å². The average Bonchev–Trinajstić information content (AvgIpc) is 3.69. The molecule has 1 aromatic heterocycles. The number of aryl methyl sites for hydroxylation is 1. The van der Waals surface area contributed by atoms with E-state index in [1.54, 1.807) is 6.20 Å². The summed E-state index contributed by atoms with van der Waals surface area (Å²) < 4.78 is 0. The van der Waals surface area contributed by atoms with Crippen molar-refractivity contribution in [2.45, 2.75) is 50.6 Å². The van der Waals surface area contributed by atoms with E-state index in [9.17, 15) is 14.4 Å². The normalized spacial score (nSPS) is 15.5. The first kappa shape index (κ1) is 28.8. The zero-order chi connectivity index (χ0) is 29.5. The average molecular weight is 564 g/mol. The summed E-state index contributed by atoms with van der Waals surface area (Å²) >= 11 is 0. The molecule has 3 N–H and O–H groups in total. The first-order valence-electron chi connectivity index (χ1n) is 14.3. The van der Waals surface area contributed by atoms with Crippen molar-refractivity contribution >= 4 is 17.7 Å². The Bertz CT molecular complexity index is 1450. The van der Waals surface area contributed by atoms with Crippen molar-refractivity contribution < 1.29 is 14.4 Å². The van der Waals surface area contributed by atoms with E-state index in [2.05, 4.69) is 44.9 Å². The van der Waals surface area contributed by atoms with Crippen LogP contribution < -0.4 is 10.6 Å². The SMILES string of the molecule is CC(=O)N[C@@H](Cc1cnc[nH]1)C(=O)N[C@@H](Cc1ccc(C)cc1)C(=O)N1CCC(c2ccccc2)(c2ccccc2)C1. The van der Waals surface area contributed by atoms with Gasteiger partial charge < -0.3 is 20.5 Å². The van der Waals surface area contributed by atoms with E-state index in [4.69, 9.17) is 0 Å². The quantitative estimate of drug-likeness (QED) is 0.273. The highest BCUT2D eigenvalue weighted by Gasteiger charge is 2.44. The summed E-state index contributed by atoms with van der Waals surface area (Å²) in [6.07, 6.45) is 4.48. The zero-order valence-corrected chi connectivity index (χ0v) is 24.0. The Labute approximate surface area is 246 Å². The molecule has 1 aliphatic rings. The maximum atomic E-state index is 14.3. The molecule has 0 aliphatic carbocycles. The summed E-state index contributed by atoms with van der Waals surface area (Å²) in [4.78, 5) is 48.8. The summed E-state index contributed by atoms with van der Waals surface area (Å²) in [5.74, 6) is -0.881. The lowest BCUT2D eigenvalue weighted by Crippen LogP contribution is -2.55. The second kappa shape index (κ2) is 12.9. The minimum absolute atomic E-state index is 0.138. The number of nitrogens with one attached hydrogen (secondary N) is 3. The van der Waals surface area contributed by atoms with Crippen molar-refractivity contribution in [2.24, 2.45) is 0 Å². The highest BCUT2D eigenvalue weighted by Crippen LogP contribution is 2.41. The summed E-state index contributed by atoms with van der Waals surface area (Å²) in [5.41, 5.74) is 4.74. The maximum Gasteiger partial charge on any atom is 0.245 e. The fraction of sp³-hybridized carbons (Fsp3) is 0.294. The Kier molecular flexibility index (Phi) is 8.81. The number of imidazole rings is 1. The van der Waals surface area contributed by atoms with Crippen LogP contribution in [0.2, 0.25) is 0 Å². The molecular weight excluding hydrogens is 526 g/mol. The minimum Gasteiger partial charge on any atom is -0.348 e. The van der Waals surface area contributed by atoms with Gasteiger partial charge >= 0.3 is 0 Å². The third-order valence-corrected chi connectivity index (χ3v) is 8.08. The van der Waals surface area contributed by atoms with E-state index in [0.717, 1.165) is 28.7 Å². The van der Waals surface area contributed by atoms with Gasteiger partial charge in [-0.25, -0.2) is 4.98 Å². The van der Waals surface area contributed by atoms with Crippen LogP contribution in [-0.4, -0.2) is 57.8 Å². The van der Waals surface area contributed by atoms with Crippen LogP contribution in [0.5, 0.6) is 0 Å². The van der Waals surface area contributed by atoms with Crippen LogP contribution >= 0.6 is 0 Å².